The van der Waals surface area contributed by atoms with Crippen LogP contribution in [0.3, 0.4) is 0 Å². The van der Waals surface area contributed by atoms with Gasteiger partial charge in [0.15, 0.2) is 0 Å². The van der Waals surface area contributed by atoms with Crippen LogP contribution in [0, 0.1) is 5.92 Å². The number of nitrogens with zero attached hydrogens (tertiary/aromatic N) is 2. The maximum absolute atomic E-state index is 12.3. The standard InChI is InChI=1S/C16H20N2O2/c1-4-20-16(19)14-11(2)9-10-18-13-8-6-5-7-12(13)17(3)15(14)18/h5-8,11H,4,9-10H2,1-3H3. The molecule has 2 heterocycles. The Morgan fingerprint density at radius 3 is 2.75 bits per heavy atom. The molecule has 2 aliphatic heterocycles. The van der Waals surface area contributed by atoms with E-state index in [-0.39, 0.29) is 11.9 Å². The molecule has 0 N–H and O–H groups in total. The third-order valence-corrected chi connectivity index (χ3v) is 4.12. The van der Waals surface area contributed by atoms with Crippen LogP contribution in [0.25, 0.3) is 0 Å². The molecule has 4 heteroatoms. The number of benzene rings is 1. The fourth-order valence-electron chi connectivity index (χ4n) is 3.13. The molecule has 1 atom stereocenters. The van der Waals surface area contributed by atoms with Crippen LogP contribution < -0.4 is 9.80 Å². The van der Waals surface area contributed by atoms with Crippen LogP contribution >= 0.6 is 0 Å². The molecule has 0 aromatic heterocycles. The molecule has 1 unspecified atom stereocenters. The molecular formula is C16H20N2O2. The van der Waals surface area contributed by atoms with Crippen LogP contribution in [-0.4, -0.2) is 26.2 Å². The van der Waals surface area contributed by atoms with Crippen molar-refractivity contribution in [2.75, 3.05) is 30.0 Å². The van der Waals surface area contributed by atoms with E-state index in [4.69, 9.17) is 4.74 Å². The van der Waals surface area contributed by atoms with Gasteiger partial charge in [-0.2, -0.15) is 0 Å². The molecule has 0 saturated heterocycles. The van der Waals surface area contributed by atoms with Gasteiger partial charge in [0, 0.05) is 13.6 Å². The molecule has 0 spiro atoms. The summed E-state index contributed by atoms with van der Waals surface area (Å²) in [5.74, 6) is 1.04. The number of esters is 1. The lowest BCUT2D eigenvalue weighted by Gasteiger charge is -2.33. The molecule has 2 aliphatic rings. The SMILES string of the molecule is CCOC(=O)C1=C2N(C)c3ccccc3N2CCC1C. The van der Waals surface area contributed by atoms with E-state index in [2.05, 4.69) is 28.9 Å². The quantitative estimate of drug-likeness (QED) is 0.775. The number of para-hydroxylation sites is 2. The Labute approximate surface area is 119 Å². The molecule has 4 nitrogen and oxygen atoms in total. The third kappa shape index (κ3) is 1.79. The van der Waals surface area contributed by atoms with Crippen molar-refractivity contribution in [1.82, 2.24) is 0 Å². The maximum Gasteiger partial charge on any atom is 0.337 e. The van der Waals surface area contributed by atoms with Crippen LogP contribution in [0.15, 0.2) is 35.7 Å². The van der Waals surface area contributed by atoms with E-state index < -0.39 is 0 Å². The average Bonchev–Trinajstić information content (AvgIpc) is 2.73. The highest BCUT2D eigenvalue weighted by Gasteiger charge is 2.38. The second-order valence-corrected chi connectivity index (χ2v) is 5.35. The predicted molar refractivity (Wildman–Crippen MR) is 79.6 cm³/mol. The third-order valence-electron chi connectivity index (χ3n) is 4.12. The normalized spacial score (nSPS) is 20.9. The zero-order chi connectivity index (χ0) is 14.3. The first-order valence-corrected chi connectivity index (χ1v) is 7.16. The minimum atomic E-state index is -0.181. The van der Waals surface area contributed by atoms with E-state index in [1.54, 1.807) is 0 Å². The van der Waals surface area contributed by atoms with E-state index in [9.17, 15) is 4.79 Å². The van der Waals surface area contributed by atoms with Crippen LogP contribution in [0.2, 0.25) is 0 Å². The number of carbonyl (C=O) groups is 1. The molecule has 0 saturated carbocycles. The monoisotopic (exact) mass is 272 g/mol. The van der Waals surface area contributed by atoms with Crippen molar-refractivity contribution in [3.05, 3.63) is 35.7 Å². The Kier molecular flexibility index (Phi) is 3.16. The summed E-state index contributed by atoms with van der Waals surface area (Å²) in [6, 6.07) is 8.27. The fraction of sp³-hybridized carbons (Fsp3) is 0.438. The zero-order valence-electron chi connectivity index (χ0n) is 12.2. The van der Waals surface area contributed by atoms with Crippen molar-refractivity contribution >= 4 is 17.3 Å². The van der Waals surface area contributed by atoms with Crippen molar-refractivity contribution < 1.29 is 9.53 Å². The first-order valence-electron chi connectivity index (χ1n) is 7.16. The Morgan fingerprint density at radius 1 is 1.35 bits per heavy atom. The summed E-state index contributed by atoms with van der Waals surface area (Å²) in [6.45, 7) is 5.31. The van der Waals surface area contributed by atoms with Crippen molar-refractivity contribution in [1.29, 1.82) is 0 Å². The first kappa shape index (κ1) is 13.0. The van der Waals surface area contributed by atoms with Gasteiger partial charge >= 0.3 is 5.97 Å². The summed E-state index contributed by atoms with van der Waals surface area (Å²) in [4.78, 5) is 16.7. The average molecular weight is 272 g/mol. The lowest BCUT2D eigenvalue weighted by atomic mass is 9.93. The molecule has 0 amide bonds. The van der Waals surface area contributed by atoms with Crippen molar-refractivity contribution in [3.8, 4) is 0 Å². The number of fused-ring (bicyclic) bond motifs is 3. The summed E-state index contributed by atoms with van der Waals surface area (Å²) < 4.78 is 5.26. The number of anilines is 2. The number of hydrogen-bond donors (Lipinski definition) is 0. The molecule has 3 rings (SSSR count). The number of carbonyl (C=O) groups excluding carboxylic acids is 1. The van der Waals surface area contributed by atoms with Crippen LogP contribution in [0.1, 0.15) is 20.3 Å². The highest BCUT2D eigenvalue weighted by atomic mass is 16.5. The van der Waals surface area contributed by atoms with Gasteiger partial charge in [-0.15, -0.1) is 0 Å². The first-order chi connectivity index (χ1) is 9.65. The summed E-state index contributed by atoms with van der Waals surface area (Å²) in [5.41, 5.74) is 3.13. The van der Waals surface area contributed by atoms with Gasteiger partial charge in [0.25, 0.3) is 0 Å². The van der Waals surface area contributed by atoms with Gasteiger partial charge in [-0.1, -0.05) is 19.1 Å². The molecule has 20 heavy (non-hydrogen) atoms. The van der Waals surface area contributed by atoms with Crippen LogP contribution in [0.4, 0.5) is 11.4 Å². The Morgan fingerprint density at radius 2 is 2.05 bits per heavy atom. The molecule has 106 valence electrons. The highest BCUT2D eigenvalue weighted by molar-refractivity contribution is 5.95. The minimum absolute atomic E-state index is 0.181. The van der Waals surface area contributed by atoms with Gasteiger partial charge in [0.2, 0.25) is 0 Å². The maximum atomic E-state index is 12.3. The van der Waals surface area contributed by atoms with Crippen molar-refractivity contribution in [2.24, 2.45) is 5.92 Å². The summed E-state index contributed by atoms with van der Waals surface area (Å²) in [7, 11) is 2.02. The predicted octanol–water partition coefficient (Wildman–Crippen LogP) is 2.76. The Bertz CT molecular complexity index is 580. The lowest BCUT2D eigenvalue weighted by molar-refractivity contribution is -0.139. The topological polar surface area (TPSA) is 32.8 Å². The van der Waals surface area contributed by atoms with Crippen molar-refractivity contribution in [2.45, 2.75) is 20.3 Å². The molecule has 1 aromatic carbocycles. The zero-order valence-corrected chi connectivity index (χ0v) is 12.2. The second-order valence-electron chi connectivity index (χ2n) is 5.35. The van der Waals surface area contributed by atoms with E-state index in [0.29, 0.717) is 6.61 Å². The summed E-state index contributed by atoms with van der Waals surface area (Å²) in [6.07, 6.45) is 0.972. The van der Waals surface area contributed by atoms with E-state index in [1.807, 2.05) is 26.1 Å². The Hall–Kier alpha value is -1.97. The molecule has 0 radical (unpaired) electrons. The molecule has 0 aliphatic carbocycles. The van der Waals surface area contributed by atoms with Crippen molar-refractivity contribution in [3.63, 3.8) is 0 Å². The number of rotatable bonds is 2. The minimum Gasteiger partial charge on any atom is -0.463 e. The van der Waals surface area contributed by atoms with Gasteiger partial charge < -0.3 is 14.5 Å². The molecule has 1 aromatic rings. The van der Waals surface area contributed by atoms with Gasteiger partial charge in [-0.3, -0.25) is 0 Å². The van der Waals surface area contributed by atoms with Gasteiger partial charge in [0.05, 0.1) is 23.6 Å². The van der Waals surface area contributed by atoms with Crippen LogP contribution in [0.5, 0.6) is 0 Å². The van der Waals surface area contributed by atoms with Crippen LogP contribution in [-0.2, 0) is 9.53 Å². The molecular weight excluding hydrogens is 252 g/mol. The van der Waals surface area contributed by atoms with E-state index in [0.717, 1.165) is 30.0 Å². The molecule has 0 bridgehead atoms. The summed E-state index contributed by atoms with van der Waals surface area (Å²) >= 11 is 0. The fourth-order valence-corrected chi connectivity index (χ4v) is 3.13. The van der Waals surface area contributed by atoms with Gasteiger partial charge in [-0.05, 0) is 31.4 Å². The van der Waals surface area contributed by atoms with E-state index >= 15 is 0 Å². The van der Waals surface area contributed by atoms with E-state index in [1.165, 1.54) is 5.69 Å². The second kappa shape index (κ2) is 4.85. The number of ether oxygens (including phenoxy) is 1. The molecule has 0 fully saturated rings. The van der Waals surface area contributed by atoms with Gasteiger partial charge in [0.1, 0.15) is 5.82 Å². The lowest BCUT2D eigenvalue weighted by Crippen LogP contribution is -2.37. The smallest absolute Gasteiger partial charge is 0.337 e. The highest BCUT2D eigenvalue weighted by Crippen LogP contribution is 2.45. The largest absolute Gasteiger partial charge is 0.463 e. The number of hydrogen-bond acceptors (Lipinski definition) is 4. The van der Waals surface area contributed by atoms with Gasteiger partial charge in [-0.25, -0.2) is 4.79 Å². The summed E-state index contributed by atoms with van der Waals surface area (Å²) in [5, 5.41) is 0. The Balaban J connectivity index is 2.12.